The van der Waals surface area contributed by atoms with Gasteiger partial charge in [0.2, 0.25) is 11.8 Å². The van der Waals surface area contributed by atoms with Crippen molar-refractivity contribution in [3.05, 3.63) is 40.4 Å². The maximum absolute atomic E-state index is 12.3. The molecule has 6 nitrogen and oxygen atoms in total. The largest absolute Gasteiger partial charge is 0.325 e. The van der Waals surface area contributed by atoms with Gasteiger partial charge in [0.15, 0.2) is 0 Å². The van der Waals surface area contributed by atoms with Gasteiger partial charge in [-0.2, -0.15) is 10.5 Å². The molecule has 0 spiro atoms. The summed E-state index contributed by atoms with van der Waals surface area (Å²) in [5.74, 6) is -1.57. The van der Waals surface area contributed by atoms with Gasteiger partial charge in [0.05, 0.1) is 28.5 Å². The van der Waals surface area contributed by atoms with E-state index in [2.05, 4.69) is 23.6 Å². The maximum Gasteiger partial charge on any atom is 0.243 e. The minimum absolute atomic E-state index is 0.0473. The van der Waals surface area contributed by atoms with E-state index in [-0.39, 0.29) is 11.7 Å². The number of unbranched alkanes of at least 4 members (excludes halogenated alkanes) is 1. The molecule has 2 amide bonds. The van der Waals surface area contributed by atoms with Gasteiger partial charge in [-0.05, 0) is 30.5 Å². The molecule has 2 N–H and O–H groups in total. The van der Waals surface area contributed by atoms with Crippen LogP contribution in [-0.2, 0) is 16.0 Å². The number of amides is 2. The first-order valence-corrected chi connectivity index (χ1v) is 10.2. The molecule has 146 valence electrons. The first kappa shape index (κ1) is 21.5. The van der Waals surface area contributed by atoms with Crippen LogP contribution in [0.25, 0.3) is 0 Å². The van der Waals surface area contributed by atoms with Crippen molar-refractivity contribution in [2.75, 3.05) is 11.1 Å². The Balaban J connectivity index is 2.01. The van der Waals surface area contributed by atoms with Crippen molar-refractivity contribution in [2.24, 2.45) is 11.3 Å². The normalized spacial score (nSPS) is 18.0. The van der Waals surface area contributed by atoms with Crippen molar-refractivity contribution < 1.29 is 9.59 Å². The van der Waals surface area contributed by atoms with E-state index >= 15 is 0 Å². The van der Waals surface area contributed by atoms with Gasteiger partial charge in [0.25, 0.3) is 0 Å². The minimum Gasteiger partial charge on any atom is -0.325 e. The number of nitriles is 2. The first-order chi connectivity index (χ1) is 13.3. The summed E-state index contributed by atoms with van der Waals surface area (Å²) in [7, 11) is 0. The summed E-state index contributed by atoms with van der Waals surface area (Å²) in [5, 5.41) is 24.5. The van der Waals surface area contributed by atoms with Gasteiger partial charge in [-0.3, -0.25) is 9.59 Å². The van der Waals surface area contributed by atoms with Gasteiger partial charge in [-0.1, -0.05) is 51.1 Å². The smallest absolute Gasteiger partial charge is 0.243 e. The van der Waals surface area contributed by atoms with E-state index in [0.29, 0.717) is 16.3 Å². The van der Waals surface area contributed by atoms with Crippen LogP contribution in [-0.4, -0.2) is 17.6 Å². The summed E-state index contributed by atoms with van der Waals surface area (Å²) in [6.07, 6.45) is 3.29. The topological polar surface area (TPSA) is 106 Å². The van der Waals surface area contributed by atoms with Crippen molar-refractivity contribution in [1.82, 2.24) is 5.32 Å². The van der Waals surface area contributed by atoms with Crippen LogP contribution in [0.1, 0.15) is 39.2 Å². The summed E-state index contributed by atoms with van der Waals surface area (Å²) < 4.78 is 0. The van der Waals surface area contributed by atoms with Crippen LogP contribution in [0.4, 0.5) is 5.69 Å². The molecule has 0 aromatic heterocycles. The predicted octanol–water partition coefficient (Wildman–Crippen LogP) is 3.73. The minimum atomic E-state index is -0.938. The fourth-order valence-corrected chi connectivity index (χ4v) is 3.98. The summed E-state index contributed by atoms with van der Waals surface area (Å²) >= 11 is 1.09. The Morgan fingerprint density at radius 3 is 2.54 bits per heavy atom. The molecule has 1 aromatic rings. The standard InChI is InChI=1S/C21H24N4O2S/c1-4-5-6-14-7-9-15(10-8-14)24-18(26)13-28-20-17(12-23)21(2,3)16(11-22)19(27)25-20/h7-10,16H,4-6,13H2,1-3H3,(H,24,26)(H,25,27)/t16-/m0/s1. The zero-order valence-corrected chi connectivity index (χ0v) is 17.2. The first-order valence-electron chi connectivity index (χ1n) is 9.20. The van der Waals surface area contributed by atoms with Crippen LogP contribution in [0.5, 0.6) is 0 Å². The lowest BCUT2D eigenvalue weighted by Crippen LogP contribution is -2.44. The lowest BCUT2D eigenvalue weighted by atomic mass is 9.72. The van der Waals surface area contributed by atoms with E-state index in [1.807, 2.05) is 30.3 Å². The Bertz CT molecular complexity index is 860. The molecule has 1 aromatic carbocycles. The second-order valence-electron chi connectivity index (χ2n) is 7.23. The van der Waals surface area contributed by atoms with Crippen molar-refractivity contribution in [2.45, 2.75) is 40.0 Å². The molecule has 0 bridgehead atoms. The highest BCUT2D eigenvalue weighted by Crippen LogP contribution is 2.41. The van der Waals surface area contributed by atoms with Gasteiger partial charge >= 0.3 is 0 Å². The molecule has 0 aliphatic carbocycles. The highest BCUT2D eigenvalue weighted by Gasteiger charge is 2.44. The molecule has 2 rings (SSSR count). The number of anilines is 1. The molecule has 0 saturated heterocycles. The second-order valence-corrected chi connectivity index (χ2v) is 8.21. The number of nitrogens with one attached hydrogen (secondary N) is 2. The number of nitrogens with zero attached hydrogens (tertiary/aromatic N) is 2. The number of rotatable bonds is 7. The average molecular weight is 397 g/mol. The third-order valence-electron chi connectivity index (χ3n) is 4.74. The number of aryl methyl sites for hydroxylation is 1. The fraction of sp³-hybridized carbons (Fsp3) is 0.429. The Kier molecular flexibility index (Phi) is 7.25. The molecule has 1 aliphatic heterocycles. The predicted molar refractivity (Wildman–Crippen MR) is 110 cm³/mol. The zero-order chi connectivity index (χ0) is 20.7. The van der Waals surface area contributed by atoms with Crippen molar-refractivity contribution in [3.8, 4) is 12.1 Å². The molecule has 1 heterocycles. The summed E-state index contributed by atoms with van der Waals surface area (Å²) in [4.78, 5) is 24.4. The molecule has 0 fully saturated rings. The van der Waals surface area contributed by atoms with E-state index in [1.165, 1.54) is 5.56 Å². The molecular formula is C21H24N4O2S. The highest BCUT2D eigenvalue weighted by molar-refractivity contribution is 8.03. The average Bonchev–Trinajstić information content (AvgIpc) is 2.65. The van der Waals surface area contributed by atoms with Crippen LogP contribution in [0.15, 0.2) is 34.9 Å². The van der Waals surface area contributed by atoms with Gasteiger partial charge < -0.3 is 10.6 Å². The number of carbonyl (C=O) groups is 2. The highest BCUT2D eigenvalue weighted by atomic mass is 32.2. The van der Waals surface area contributed by atoms with Crippen LogP contribution < -0.4 is 10.6 Å². The lowest BCUT2D eigenvalue weighted by molar-refractivity contribution is -0.125. The number of hydrogen-bond acceptors (Lipinski definition) is 5. The molecule has 1 atom stereocenters. The van der Waals surface area contributed by atoms with E-state index in [4.69, 9.17) is 0 Å². The molecule has 0 saturated carbocycles. The SMILES string of the molecule is CCCCc1ccc(NC(=O)CSC2=C(C#N)C(C)(C)[C@@H](C#N)C(=O)N2)cc1. The Labute approximate surface area is 170 Å². The fourth-order valence-electron chi connectivity index (χ4n) is 3.00. The lowest BCUT2D eigenvalue weighted by Gasteiger charge is -2.34. The second kappa shape index (κ2) is 9.43. The van der Waals surface area contributed by atoms with Gasteiger partial charge in [0, 0.05) is 11.1 Å². The van der Waals surface area contributed by atoms with Crippen molar-refractivity contribution in [3.63, 3.8) is 0 Å². The van der Waals surface area contributed by atoms with E-state index in [0.717, 1.165) is 31.0 Å². The Morgan fingerprint density at radius 2 is 1.96 bits per heavy atom. The third kappa shape index (κ3) is 4.94. The summed E-state index contributed by atoms with van der Waals surface area (Å²) in [6.45, 7) is 5.54. The van der Waals surface area contributed by atoms with Crippen LogP contribution >= 0.6 is 11.8 Å². The van der Waals surface area contributed by atoms with Crippen LogP contribution in [0.2, 0.25) is 0 Å². The number of benzene rings is 1. The Morgan fingerprint density at radius 1 is 1.29 bits per heavy atom. The Hall–Kier alpha value is -2.77. The molecule has 0 unspecified atom stereocenters. The summed E-state index contributed by atoms with van der Waals surface area (Å²) in [5.41, 5.74) is 1.35. The van der Waals surface area contributed by atoms with Gasteiger partial charge in [-0.15, -0.1) is 0 Å². The molecule has 1 aliphatic rings. The monoisotopic (exact) mass is 396 g/mol. The van der Waals surface area contributed by atoms with Crippen molar-refractivity contribution >= 4 is 29.3 Å². The third-order valence-corrected chi connectivity index (χ3v) is 5.74. The molecule has 28 heavy (non-hydrogen) atoms. The zero-order valence-electron chi connectivity index (χ0n) is 16.3. The summed E-state index contributed by atoms with van der Waals surface area (Å²) in [6, 6.07) is 11.8. The van der Waals surface area contributed by atoms with Crippen LogP contribution in [0, 0.1) is 34.0 Å². The van der Waals surface area contributed by atoms with Gasteiger partial charge in [0.1, 0.15) is 5.92 Å². The number of carbonyl (C=O) groups excluding carboxylic acids is 2. The molecule has 7 heteroatoms. The maximum atomic E-state index is 12.3. The van der Waals surface area contributed by atoms with E-state index in [1.54, 1.807) is 13.8 Å². The quantitative estimate of drug-likeness (QED) is 0.730. The van der Waals surface area contributed by atoms with E-state index < -0.39 is 17.2 Å². The molecule has 0 radical (unpaired) electrons. The van der Waals surface area contributed by atoms with Crippen LogP contribution in [0.3, 0.4) is 0 Å². The number of allylic oxidation sites excluding steroid dienone is 1. The molecular weight excluding hydrogens is 372 g/mol. The van der Waals surface area contributed by atoms with E-state index in [9.17, 15) is 20.1 Å². The number of thioether (sulfide) groups is 1. The number of hydrogen-bond donors (Lipinski definition) is 2. The van der Waals surface area contributed by atoms with Gasteiger partial charge in [-0.25, -0.2) is 0 Å². The van der Waals surface area contributed by atoms with Crippen molar-refractivity contribution in [1.29, 1.82) is 10.5 Å².